The van der Waals surface area contributed by atoms with Crippen LogP contribution in [0.25, 0.3) is 0 Å². The lowest BCUT2D eigenvalue weighted by Crippen LogP contribution is -2.38. The number of hydrogen-bond donors (Lipinski definition) is 0. The predicted molar refractivity (Wildman–Crippen MR) is 30.7 cm³/mol. The van der Waals surface area contributed by atoms with E-state index in [9.17, 15) is 22.0 Å². The van der Waals surface area contributed by atoms with E-state index in [4.69, 9.17) is 0 Å². The van der Waals surface area contributed by atoms with Crippen LogP contribution in [0.2, 0.25) is 0 Å². The summed E-state index contributed by atoms with van der Waals surface area (Å²) in [5.74, 6) is 0. The Balaban J connectivity index is 4.22. The van der Waals surface area contributed by atoms with Crippen molar-refractivity contribution in [3.8, 4) is 0 Å². The van der Waals surface area contributed by atoms with Crippen molar-refractivity contribution in [2.45, 2.75) is 16.8 Å². The summed E-state index contributed by atoms with van der Waals surface area (Å²) in [4.78, 5) is 0. The van der Waals surface area contributed by atoms with Gasteiger partial charge in [0, 0.05) is 0 Å². The third kappa shape index (κ3) is 3.53. The third-order valence-electron chi connectivity index (χ3n) is 0.567. The molecule has 1 unspecified atom stereocenters. The van der Waals surface area contributed by atoms with Crippen molar-refractivity contribution in [1.82, 2.24) is 0 Å². The van der Waals surface area contributed by atoms with Gasteiger partial charge < -0.3 is 0 Å². The fourth-order valence-electron chi connectivity index (χ4n) is 0.179. The summed E-state index contributed by atoms with van der Waals surface area (Å²) in [5.41, 5.74) is 0. The first-order valence-corrected chi connectivity index (χ1v) is 3.24. The first-order chi connectivity index (χ1) is 4.67. The number of alkyl halides is 7. The summed E-state index contributed by atoms with van der Waals surface area (Å²) >= 11 is 5.93. The van der Waals surface area contributed by atoms with Crippen LogP contribution < -0.4 is 0 Å². The first-order valence-electron chi connectivity index (χ1n) is 2.07. The fourth-order valence-corrected chi connectivity index (χ4v) is 0.317. The largest absolute Gasteiger partial charge is 0.418 e. The van der Waals surface area contributed by atoms with Crippen molar-refractivity contribution in [3.05, 3.63) is 0 Å². The van der Waals surface area contributed by atoms with Gasteiger partial charge in [0.05, 0.1) is 0 Å². The molecule has 11 heavy (non-hydrogen) atoms. The number of halogens is 7. The second-order valence-electron chi connectivity index (χ2n) is 1.39. The smallest absolute Gasteiger partial charge is 0.253 e. The maximum absolute atomic E-state index is 12.0. The Kier molecular flexibility index (Phi) is 3.52. The molecule has 68 valence electrons. The van der Waals surface area contributed by atoms with Gasteiger partial charge in [-0.25, -0.2) is 4.39 Å². The second kappa shape index (κ2) is 3.40. The normalized spacial score (nSPS) is 18.5. The van der Waals surface area contributed by atoms with Crippen LogP contribution in [0, 0.1) is 0 Å². The molecule has 0 rings (SSSR count). The molecule has 1 nitrogen and oxygen atoms in total. The zero-order chi connectivity index (χ0) is 9.28. The molecule has 0 aliphatic rings. The molecule has 0 N–H and O–H groups in total. The van der Waals surface area contributed by atoms with Crippen molar-refractivity contribution in [2.75, 3.05) is 0 Å². The van der Waals surface area contributed by atoms with E-state index < -0.39 is 16.8 Å². The molecule has 0 spiro atoms. The van der Waals surface area contributed by atoms with Crippen molar-refractivity contribution in [3.63, 3.8) is 0 Å². The van der Waals surface area contributed by atoms with Gasteiger partial charge in [0.1, 0.15) is 0 Å². The van der Waals surface area contributed by atoms with E-state index in [0.717, 1.165) is 0 Å². The van der Waals surface area contributed by atoms with Gasteiger partial charge >= 0.3 is 16.8 Å². The zero-order valence-electron chi connectivity index (χ0n) is 4.63. The molecule has 0 radical (unpaired) electrons. The fraction of sp³-hybridized carbons (Fsp3) is 1.00. The van der Waals surface area contributed by atoms with E-state index in [0.29, 0.717) is 0 Å². The molecule has 0 amide bonds. The highest BCUT2D eigenvalue weighted by molar-refractivity contribution is 9.10. The average Bonchev–Trinajstić information content (AvgIpc) is 1.56. The van der Waals surface area contributed by atoms with Crippen LogP contribution in [0.5, 0.6) is 0 Å². The molecular formula is C3HBrClF5O. The van der Waals surface area contributed by atoms with Crippen molar-refractivity contribution < 1.29 is 26.7 Å². The van der Waals surface area contributed by atoms with E-state index in [1.165, 1.54) is 0 Å². The monoisotopic (exact) mass is 262 g/mol. The van der Waals surface area contributed by atoms with Crippen molar-refractivity contribution in [1.29, 1.82) is 0 Å². The van der Waals surface area contributed by atoms with Gasteiger partial charge in [0.25, 0.3) is 0 Å². The summed E-state index contributed by atoms with van der Waals surface area (Å²) < 4.78 is 56.8. The van der Waals surface area contributed by atoms with E-state index in [2.05, 4.69) is 16.3 Å². The highest BCUT2D eigenvalue weighted by Gasteiger charge is 2.55. The number of rotatable bonds is 3. The maximum Gasteiger partial charge on any atom is 0.418 e. The molecule has 0 saturated carbocycles. The lowest BCUT2D eigenvalue weighted by molar-refractivity contribution is -0.335. The van der Waals surface area contributed by atoms with Gasteiger partial charge in [0.2, 0.25) is 0 Å². The van der Waals surface area contributed by atoms with Crippen LogP contribution in [0.4, 0.5) is 22.0 Å². The molecule has 0 saturated heterocycles. The van der Waals surface area contributed by atoms with E-state index in [-0.39, 0.29) is 0 Å². The maximum atomic E-state index is 12.0. The lowest BCUT2D eigenvalue weighted by atomic mass is 10.7. The Morgan fingerprint density at radius 1 is 1.27 bits per heavy atom. The minimum absolute atomic E-state index is 1.62. The van der Waals surface area contributed by atoms with Gasteiger partial charge in [0.15, 0.2) is 0 Å². The van der Waals surface area contributed by atoms with Crippen LogP contribution in [0.1, 0.15) is 0 Å². The first kappa shape index (κ1) is 11.4. The molecule has 0 aliphatic heterocycles. The summed E-state index contributed by atoms with van der Waals surface area (Å²) in [5, 5.41) is 0. The van der Waals surface area contributed by atoms with E-state index >= 15 is 0 Å². The SMILES string of the molecule is FC(F)OC(F)(F)C(F)(Cl)Br. The zero-order valence-corrected chi connectivity index (χ0v) is 6.97. The number of ether oxygens (including phenoxy) is 1. The van der Waals surface area contributed by atoms with Gasteiger partial charge in [-0.1, -0.05) is 11.6 Å². The second-order valence-corrected chi connectivity index (χ2v) is 3.46. The summed E-state index contributed by atoms with van der Waals surface area (Å²) in [6.45, 7) is -3.79. The Morgan fingerprint density at radius 2 is 1.64 bits per heavy atom. The quantitative estimate of drug-likeness (QED) is 0.561. The standard InChI is InChI=1S/C3HBrClF5O/c4-2(5,8)3(9,10)11-1(6)7/h1H. The van der Waals surface area contributed by atoms with Gasteiger partial charge in [-0.2, -0.15) is 17.6 Å². The summed E-state index contributed by atoms with van der Waals surface area (Å²) in [7, 11) is 0. The van der Waals surface area contributed by atoms with Crippen molar-refractivity contribution in [2.24, 2.45) is 0 Å². The molecule has 0 bridgehead atoms. The van der Waals surface area contributed by atoms with Crippen LogP contribution in [0.15, 0.2) is 0 Å². The Hall–Kier alpha value is 0.380. The summed E-state index contributed by atoms with van der Waals surface area (Å²) in [6, 6.07) is 0. The molecule has 1 atom stereocenters. The Bertz CT molecular complexity index is 134. The molecular weight excluding hydrogens is 262 g/mol. The Morgan fingerprint density at radius 3 is 1.73 bits per heavy atom. The van der Waals surface area contributed by atoms with Crippen LogP contribution in [-0.4, -0.2) is 16.8 Å². The number of hydrogen-bond acceptors (Lipinski definition) is 1. The topological polar surface area (TPSA) is 9.23 Å². The third-order valence-corrected chi connectivity index (χ3v) is 1.25. The average molecular weight is 263 g/mol. The molecule has 0 aromatic carbocycles. The van der Waals surface area contributed by atoms with Crippen LogP contribution in [-0.2, 0) is 4.74 Å². The van der Waals surface area contributed by atoms with Gasteiger partial charge in [-0.15, -0.1) is 0 Å². The van der Waals surface area contributed by atoms with Crippen LogP contribution >= 0.6 is 27.5 Å². The summed E-state index contributed by atoms with van der Waals surface area (Å²) in [6.07, 6.45) is -4.78. The molecule has 0 fully saturated rings. The minimum atomic E-state index is -4.78. The molecule has 8 heteroatoms. The van der Waals surface area contributed by atoms with Gasteiger partial charge in [-0.05, 0) is 15.9 Å². The lowest BCUT2D eigenvalue weighted by Gasteiger charge is -2.21. The van der Waals surface area contributed by atoms with Gasteiger partial charge in [-0.3, -0.25) is 4.74 Å². The minimum Gasteiger partial charge on any atom is -0.253 e. The highest BCUT2D eigenvalue weighted by atomic mass is 79.9. The predicted octanol–water partition coefficient (Wildman–Crippen LogP) is 3.08. The highest BCUT2D eigenvalue weighted by Crippen LogP contribution is 2.43. The Labute approximate surface area is 71.6 Å². The molecule has 0 aromatic rings. The van der Waals surface area contributed by atoms with E-state index in [1.807, 2.05) is 0 Å². The molecule has 0 aromatic heterocycles. The molecule has 0 aliphatic carbocycles. The van der Waals surface area contributed by atoms with Crippen LogP contribution in [0.3, 0.4) is 0 Å². The molecule has 0 heterocycles. The van der Waals surface area contributed by atoms with E-state index in [1.54, 1.807) is 15.9 Å². The van der Waals surface area contributed by atoms with Crippen molar-refractivity contribution >= 4 is 27.5 Å².